The van der Waals surface area contributed by atoms with Gasteiger partial charge in [-0.05, 0) is 47.1 Å². The summed E-state index contributed by atoms with van der Waals surface area (Å²) in [6.07, 6.45) is 2.65. The highest BCUT2D eigenvalue weighted by Crippen LogP contribution is 2.23. The molecule has 0 N–H and O–H groups in total. The first-order valence-electron chi connectivity index (χ1n) is 8.23. The summed E-state index contributed by atoms with van der Waals surface area (Å²) < 4.78 is 6.75. The van der Waals surface area contributed by atoms with Crippen LogP contribution in [0.5, 0.6) is 0 Å². The van der Waals surface area contributed by atoms with Gasteiger partial charge in [0.05, 0.1) is 0 Å². The number of rotatable bonds is 6. The number of nitrogens with zero attached hydrogens (tertiary/aromatic N) is 2. The summed E-state index contributed by atoms with van der Waals surface area (Å²) in [6.45, 7) is 2.53. The average molecular weight is 399 g/mol. The quantitative estimate of drug-likeness (QED) is 0.580. The zero-order valence-corrected chi connectivity index (χ0v) is 15.6. The molecule has 0 saturated carbocycles. The maximum atomic E-state index is 12.5. The van der Waals surface area contributed by atoms with Gasteiger partial charge in [0.1, 0.15) is 17.3 Å². The first-order chi connectivity index (χ1) is 12.2. The van der Waals surface area contributed by atoms with Crippen molar-refractivity contribution < 1.29 is 9.21 Å². The number of benzene rings is 1. The number of carbonyl (C=O) groups excluding carboxylic acids is 1. The van der Waals surface area contributed by atoms with E-state index in [1.54, 1.807) is 11.1 Å². The van der Waals surface area contributed by atoms with E-state index in [9.17, 15) is 4.79 Å². The van der Waals surface area contributed by atoms with Gasteiger partial charge >= 0.3 is 0 Å². The van der Waals surface area contributed by atoms with E-state index < -0.39 is 0 Å². The van der Waals surface area contributed by atoms with E-state index in [0.29, 0.717) is 25.2 Å². The summed E-state index contributed by atoms with van der Waals surface area (Å²) in [7, 11) is 0. The standard InChI is InChI=1S/C20H19BrN2O2/c1-2-23(19-12-8-16(21)14-22-19)20(24)13-10-17-9-11-18(25-17)15-6-4-3-5-7-15/h3-9,11-12,14H,2,10,13H2,1H3. The SMILES string of the molecule is CCN(C(=O)CCc1ccc(-c2ccccc2)o1)c1ccc(Br)cn1. The lowest BCUT2D eigenvalue weighted by molar-refractivity contribution is -0.118. The lowest BCUT2D eigenvalue weighted by Gasteiger charge is -2.19. The second-order valence-electron chi connectivity index (χ2n) is 5.60. The van der Waals surface area contributed by atoms with Crippen molar-refractivity contribution in [1.29, 1.82) is 0 Å². The number of hydrogen-bond acceptors (Lipinski definition) is 3. The lowest BCUT2D eigenvalue weighted by atomic mass is 10.2. The Balaban J connectivity index is 1.63. The van der Waals surface area contributed by atoms with Crippen molar-refractivity contribution in [3.8, 4) is 11.3 Å². The van der Waals surface area contributed by atoms with E-state index in [1.807, 2.05) is 61.5 Å². The minimum atomic E-state index is 0.0370. The summed E-state index contributed by atoms with van der Waals surface area (Å²) in [4.78, 5) is 18.5. The van der Waals surface area contributed by atoms with Gasteiger partial charge in [-0.1, -0.05) is 30.3 Å². The normalized spacial score (nSPS) is 10.6. The fourth-order valence-corrected chi connectivity index (χ4v) is 2.86. The first kappa shape index (κ1) is 17.4. The Kier molecular flexibility index (Phi) is 5.66. The average Bonchev–Trinajstić information content (AvgIpc) is 3.12. The molecule has 0 bridgehead atoms. The second kappa shape index (κ2) is 8.12. The number of halogens is 1. The Labute approximate surface area is 155 Å². The van der Waals surface area contributed by atoms with E-state index in [1.165, 1.54) is 0 Å². The van der Waals surface area contributed by atoms with Crippen LogP contribution in [0.4, 0.5) is 5.82 Å². The van der Waals surface area contributed by atoms with Gasteiger partial charge in [-0.3, -0.25) is 9.69 Å². The summed E-state index contributed by atoms with van der Waals surface area (Å²) in [5, 5.41) is 0. The van der Waals surface area contributed by atoms with Crippen LogP contribution in [0.15, 0.2) is 69.7 Å². The molecule has 0 fully saturated rings. The third kappa shape index (κ3) is 4.37. The highest BCUT2D eigenvalue weighted by Gasteiger charge is 2.16. The monoisotopic (exact) mass is 398 g/mol. The van der Waals surface area contributed by atoms with Crippen LogP contribution in [0.25, 0.3) is 11.3 Å². The molecule has 0 saturated heterocycles. The van der Waals surface area contributed by atoms with Crippen molar-refractivity contribution >= 4 is 27.7 Å². The van der Waals surface area contributed by atoms with Crippen LogP contribution in [0, 0.1) is 0 Å². The molecule has 0 atom stereocenters. The molecule has 0 unspecified atom stereocenters. The second-order valence-corrected chi connectivity index (χ2v) is 6.52. The third-order valence-corrected chi connectivity index (χ3v) is 4.38. The molecule has 25 heavy (non-hydrogen) atoms. The smallest absolute Gasteiger partial charge is 0.228 e. The Hall–Kier alpha value is -2.40. The number of furan rings is 1. The molecule has 0 aliphatic heterocycles. The predicted molar refractivity (Wildman–Crippen MR) is 102 cm³/mol. The molecular weight excluding hydrogens is 380 g/mol. The van der Waals surface area contributed by atoms with Gasteiger partial charge in [0.15, 0.2) is 0 Å². The van der Waals surface area contributed by atoms with E-state index >= 15 is 0 Å². The fraction of sp³-hybridized carbons (Fsp3) is 0.200. The third-order valence-electron chi connectivity index (χ3n) is 3.91. The molecule has 0 radical (unpaired) electrons. The zero-order chi connectivity index (χ0) is 17.6. The van der Waals surface area contributed by atoms with Crippen LogP contribution in [-0.4, -0.2) is 17.4 Å². The van der Waals surface area contributed by atoms with Crippen LogP contribution >= 0.6 is 15.9 Å². The topological polar surface area (TPSA) is 46.3 Å². The van der Waals surface area contributed by atoms with Crippen molar-refractivity contribution in [1.82, 2.24) is 4.98 Å². The van der Waals surface area contributed by atoms with Gasteiger partial charge in [0.25, 0.3) is 0 Å². The highest BCUT2D eigenvalue weighted by atomic mass is 79.9. The number of amides is 1. The summed E-state index contributed by atoms with van der Waals surface area (Å²) in [5.74, 6) is 2.34. The largest absolute Gasteiger partial charge is 0.461 e. The van der Waals surface area contributed by atoms with Gasteiger partial charge < -0.3 is 4.42 Å². The summed E-state index contributed by atoms with van der Waals surface area (Å²) in [5.41, 5.74) is 1.04. The zero-order valence-electron chi connectivity index (χ0n) is 14.0. The van der Waals surface area contributed by atoms with E-state index in [0.717, 1.165) is 21.6 Å². The molecule has 1 aromatic carbocycles. The van der Waals surface area contributed by atoms with Gasteiger partial charge in [-0.2, -0.15) is 0 Å². The summed E-state index contributed by atoms with van der Waals surface area (Å²) >= 11 is 3.36. The van der Waals surface area contributed by atoms with Crippen molar-refractivity contribution in [3.05, 3.63) is 71.0 Å². The van der Waals surface area contributed by atoms with Crippen molar-refractivity contribution in [2.45, 2.75) is 19.8 Å². The van der Waals surface area contributed by atoms with Crippen LogP contribution in [0.2, 0.25) is 0 Å². The Morgan fingerprint density at radius 2 is 1.92 bits per heavy atom. The maximum Gasteiger partial charge on any atom is 0.228 e. The van der Waals surface area contributed by atoms with Gasteiger partial charge in [-0.25, -0.2) is 4.98 Å². The minimum Gasteiger partial charge on any atom is -0.461 e. The molecule has 0 spiro atoms. The summed E-state index contributed by atoms with van der Waals surface area (Å²) in [6, 6.07) is 17.5. The molecule has 3 rings (SSSR count). The molecule has 3 aromatic rings. The van der Waals surface area contributed by atoms with Gasteiger partial charge in [-0.15, -0.1) is 0 Å². The van der Waals surface area contributed by atoms with Gasteiger partial charge in [0.2, 0.25) is 5.91 Å². The van der Waals surface area contributed by atoms with Crippen LogP contribution in [0.3, 0.4) is 0 Å². The first-order valence-corrected chi connectivity index (χ1v) is 9.02. The number of anilines is 1. The van der Waals surface area contributed by atoms with E-state index in [4.69, 9.17) is 4.42 Å². The van der Waals surface area contributed by atoms with E-state index in [-0.39, 0.29) is 5.91 Å². The number of aryl methyl sites for hydroxylation is 1. The molecule has 0 aliphatic carbocycles. The number of hydrogen-bond donors (Lipinski definition) is 0. The molecule has 128 valence electrons. The number of carbonyl (C=O) groups is 1. The Bertz CT molecular complexity index is 828. The van der Waals surface area contributed by atoms with Crippen LogP contribution < -0.4 is 4.90 Å². The van der Waals surface area contributed by atoms with Crippen molar-refractivity contribution in [2.24, 2.45) is 0 Å². The van der Waals surface area contributed by atoms with E-state index in [2.05, 4.69) is 20.9 Å². The molecule has 2 aromatic heterocycles. The molecule has 5 heteroatoms. The molecule has 2 heterocycles. The van der Waals surface area contributed by atoms with Crippen LogP contribution in [-0.2, 0) is 11.2 Å². The maximum absolute atomic E-state index is 12.5. The number of pyridine rings is 1. The van der Waals surface area contributed by atoms with Gasteiger partial charge in [0, 0.05) is 35.6 Å². The van der Waals surface area contributed by atoms with Crippen LogP contribution in [0.1, 0.15) is 19.1 Å². The highest BCUT2D eigenvalue weighted by molar-refractivity contribution is 9.10. The molecule has 1 amide bonds. The Morgan fingerprint density at radius 1 is 1.12 bits per heavy atom. The number of aromatic nitrogens is 1. The lowest BCUT2D eigenvalue weighted by Crippen LogP contribution is -2.31. The molecule has 0 aliphatic rings. The van der Waals surface area contributed by atoms with Crippen molar-refractivity contribution in [3.63, 3.8) is 0 Å². The molecular formula is C20H19BrN2O2. The van der Waals surface area contributed by atoms with Crippen molar-refractivity contribution in [2.75, 3.05) is 11.4 Å². The minimum absolute atomic E-state index is 0.0370. The Morgan fingerprint density at radius 3 is 2.60 bits per heavy atom. The molecule has 4 nitrogen and oxygen atoms in total. The predicted octanol–water partition coefficient (Wildman–Crippen LogP) is 5.09. The fourth-order valence-electron chi connectivity index (χ4n) is 2.63.